The van der Waals surface area contributed by atoms with Gasteiger partial charge in [-0.2, -0.15) is 0 Å². The third kappa shape index (κ3) is 1.56. The monoisotopic (exact) mass is 208 g/mol. The number of halogens is 1. The number of anilines is 1. The quantitative estimate of drug-likeness (QED) is 0.754. The van der Waals surface area contributed by atoms with Crippen molar-refractivity contribution in [3.05, 3.63) is 29.6 Å². The van der Waals surface area contributed by atoms with E-state index >= 15 is 0 Å². The molecule has 0 saturated heterocycles. The van der Waals surface area contributed by atoms with E-state index < -0.39 is 11.7 Å². The molecule has 2 amide bonds. The highest BCUT2D eigenvalue weighted by Crippen LogP contribution is 2.30. The summed E-state index contributed by atoms with van der Waals surface area (Å²) < 4.78 is 13.4. The summed E-state index contributed by atoms with van der Waals surface area (Å²) in [6, 6.07) is 4.46. The highest BCUT2D eigenvalue weighted by molar-refractivity contribution is 6.04. The zero-order valence-electron chi connectivity index (χ0n) is 7.87. The maximum Gasteiger partial charge on any atom is 0.237 e. The first-order valence-electron chi connectivity index (χ1n) is 4.45. The molecule has 1 aliphatic rings. The van der Waals surface area contributed by atoms with Crippen molar-refractivity contribution in [2.45, 2.75) is 6.42 Å². The normalized spacial score (nSPS) is 14.2. The Hall–Kier alpha value is -1.91. The van der Waals surface area contributed by atoms with Gasteiger partial charge in [0.25, 0.3) is 0 Å². The minimum Gasteiger partial charge on any atom is -0.368 e. The van der Waals surface area contributed by atoms with Crippen LogP contribution in [0.4, 0.5) is 10.1 Å². The van der Waals surface area contributed by atoms with Crippen molar-refractivity contribution in [1.29, 1.82) is 0 Å². The van der Waals surface area contributed by atoms with Crippen LogP contribution in [-0.2, 0) is 16.0 Å². The van der Waals surface area contributed by atoms with E-state index in [9.17, 15) is 14.0 Å². The molecule has 0 spiro atoms. The summed E-state index contributed by atoms with van der Waals surface area (Å²) in [7, 11) is 0. The molecule has 2 rings (SSSR count). The standard InChI is InChI=1S/C10H9FN2O2/c11-7-3-1-2-6-4-9(15)13(10(6)7)5-8(12)14/h1-3H,4-5H2,(H2,12,14). The highest BCUT2D eigenvalue weighted by atomic mass is 19.1. The van der Waals surface area contributed by atoms with Crippen molar-refractivity contribution in [2.75, 3.05) is 11.4 Å². The molecule has 5 heteroatoms. The number of carbonyl (C=O) groups excluding carboxylic acids is 2. The summed E-state index contributed by atoms with van der Waals surface area (Å²) >= 11 is 0. The van der Waals surface area contributed by atoms with Crippen molar-refractivity contribution in [3.63, 3.8) is 0 Å². The van der Waals surface area contributed by atoms with Crippen LogP contribution in [0.15, 0.2) is 18.2 Å². The molecular weight excluding hydrogens is 199 g/mol. The van der Waals surface area contributed by atoms with Crippen LogP contribution >= 0.6 is 0 Å². The van der Waals surface area contributed by atoms with Crippen molar-refractivity contribution in [1.82, 2.24) is 0 Å². The van der Waals surface area contributed by atoms with Crippen LogP contribution in [-0.4, -0.2) is 18.4 Å². The van der Waals surface area contributed by atoms with Crippen LogP contribution in [0.1, 0.15) is 5.56 Å². The van der Waals surface area contributed by atoms with Gasteiger partial charge in [0.2, 0.25) is 11.8 Å². The second kappa shape index (κ2) is 3.34. The van der Waals surface area contributed by atoms with Crippen LogP contribution in [0.3, 0.4) is 0 Å². The molecule has 0 atom stereocenters. The van der Waals surface area contributed by atoms with Gasteiger partial charge in [0.1, 0.15) is 12.4 Å². The molecule has 1 aliphatic heterocycles. The van der Waals surface area contributed by atoms with Gasteiger partial charge < -0.3 is 5.73 Å². The fourth-order valence-corrected chi connectivity index (χ4v) is 1.71. The zero-order valence-corrected chi connectivity index (χ0v) is 7.87. The van der Waals surface area contributed by atoms with E-state index in [1.165, 1.54) is 12.1 Å². The smallest absolute Gasteiger partial charge is 0.237 e. The fourth-order valence-electron chi connectivity index (χ4n) is 1.71. The van der Waals surface area contributed by atoms with Gasteiger partial charge in [0.15, 0.2) is 0 Å². The van der Waals surface area contributed by atoms with Crippen molar-refractivity contribution in [2.24, 2.45) is 5.73 Å². The SMILES string of the molecule is NC(=O)CN1C(=O)Cc2cccc(F)c21. The van der Waals surface area contributed by atoms with Gasteiger partial charge in [0.05, 0.1) is 12.1 Å². The average molecular weight is 208 g/mol. The molecule has 2 N–H and O–H groups in total. The summed E-state index contributed by atoms with van der Waals surface area (Å²) in [5, 5.41) is 0. The third-order valence-corrected chi connectivity index (χ3v) is 2.30. The fraction of sp³-hybridized carbons (Fsp3) is 0.200. The summed E-state index contributed by atoms with van der Waals surface area (Å²) in [5.41, 5.74) is 5.77. The minimum absolute atomic E-state index is 0.125. The number of primary amides is 1. The summed E-state index contributed by atoms with van der Waals surface area (Å²) in [4.78, 5) is 23.3. The van der Waals surface area contributed by atoms with E-state index in [0.29, 0.717) is 5.56 Å². The zero-order chi connectivity index (χ0) is 11.0. The van der Waals surface area contributed by atoms with E-state index in [0.717, 1.165) is 4.90 Å². The lowest BCUT2D eigenvalue weighted by molar-refractivity contribution is -0.121. The minimum atomic E-state index is -0.653. The second-order valence-corrected chi connectivity index (χ2v) is 3.37. The lowest BCUT2D eigenvalue weighted by Crippen LogP contribution is -2.36. The molecule has 0 aliphatic carbocycles. The number of benzene rings is 1. The topological polar surface area (TPSA) is 63.4 Å². The largest absolute Gasteiger partial charge is 0.368 e. The Labute approximate surface area is 85.5 Å². The summed E-state index contributed by atoms with van der Waals surface area (Å²) in [6.07, 6.45) is 0.125. The van der Waals surface area contributed by atoms with Crippen molar-refractivity contribution in [3.8, 4) is 0 Å². The van der Waals surface area contributed by atoms with Gasteiger partial charge in [-0.1, -0.05) is 12.1 Å². The molecule has 1 aromatic rings. The molecule has 0 fully saturated rings. The number of para-hydroxylation sites is 1. The Morgan fingerprint density at radius 3 is 2.93 bits per heavy atom. The van der Waals surface area contributed by atoms with Crippen LogP contribution in [0, 0.1) is 5.82 Å². The van der Waals surface area contributed by atoms with Crippen LogP contribution in [0.25, 0.3) is 0 Å². The molecule has 4 nitrogen and oxygen atoms in total. The molecule has 1 aromatic carbocycles. The maximum absolute atomic E-state index is 13.4. The molecule has 1 heterocycles. The Morgan fingerprint density at radius 1 is 1.53 bits per heavy atom. The van der Waals surface area contributed by atoms with Crippen LogP contribution < -0.4 is 10.6 Å². The summed E-state index contributed by atoms with van der Waals surface area (Å²) in [6.45, 7) is -0.271. The number of hydrogen-bond acceptors (Lipinski definition) is 2. The average Bonchev–Trinajstić information content (AvgIpc) is 2.43. The van der Waals surface area contributed by atoms with Gasteiger partial charge in [-0.25, -0.2) is 4.39 Å². The number of rotatable bonds is 2. The van der Waals surface area contributed by atoms with Gasteiger partial charge in [-0.05, 0) is 11.6 Å². The van der Waals surface area contributed by atoms with Gasteiger partial charge in [0, 0.05) is 0 Å². The van der Waals surface area contributed by atoms with E-state index in [2.05, 4.69) is 0 Å². The number of nitrogens with zero attached hydrogens (tertiary/aromatic N) is 1. The molecule has 0 bridgehead atoms. The molecule has 0 aromatic heterocycles. The van der Waals surface area contributed by atoms with Crippen molar-refractivity contribution < 1.29 is 14.0 Å². The van der Waals surface area contributed by atoms with Crippen LogP contribution in [0.2, 0.25) is 0 Å². The van der Waals surface area contributed by atoms with Gasteiger partial charge in [-0.15, -0.1) is 0 Å². The first-order valence-corrected chi connectivity index (χ1v) is 4.45. The lowest BCUT2D eigenvalue weighted by Gasteiger charge is -2.15. The molecule has 0 radical (unpaired) electrons. The number of fused-ring (bicyclic) bond motifs is 1. The van der Waals surface area contributed by atoms with Crippen LogP contribution in [0.5, 0.6) is 0 Å². The maximum atomic E-state index is 13.4. The Bertz CT molecular complexity index is 445. The molecule has 78 valence electrons. The number of carbonyl (C=O) groups is 2. The molecule has 0 saturated carbocycles. The van der Waals surface area contributed by atoms with E-state index in [1.54, 1.807) is 6.07 Å². The predicted octanol–water partition coefficient (Wildman–Crippen LogP) is 0.200. The highest BCUT2D eigenvalue weighted by Gasteiger charge is 2.30. The van der Waals surface area contributed by atoms with Gasteiger partial charge >= 0.3 is 0 Å². The lowest BCUT2D eigenvalue weighted by atomic mass is 10.1. The number of amides is 2. The van der Waals surface area contributed by atoms with Gasteiger partial charge in [-0.3, -0.25) is 14.5 Å². The number of hydrogen-bond donors (Lipinski definition) is 1. The first-order chi connectivity index (χ1) is 7.09. The Morgan fingerprint density at radius 2 is 2.27 bits per heavy atom. The predicted molar refractivity (Wildman–Crippen MR) is 51.7 cm³/mol. The molecule has 0 unspecified atom stereocenters. The molecular formula is C10H9FN2O2. The second-order valence-electron chi connectivity index (χ2n) is 3.37. The Kier molecular flexibility index (Phi) is 2.15. The molecule has 15 heavy (non-hydrogen) atoms. The summed E-state index contributed by atoms with van der Waals surface area (Å²) in [5.74, 6) is -1.45. The third-order valence-electron chi connectivity index (χ3n) is 2.30. The number of nitrogens with two attached hydrogens (primary N) is 1. The van der Waals surface area contributed by atoms with Crippen molar-refractivity contribution >= 4 is 17.5 Å². The van der Waals surface area contributed by atoms with E-state index in [-0.39, 0.29) is 24.6 Å². The Balaban J connectivity index is 2.44. The van der Waals surface area contributed by atoms with E-state index in [4.69, 9.17) is 5.73 Å². The first kappa shape index (κ1) is 9.64. The van der Waals surface area contributed by atoms with E-state index in [1.807, 2.05) is 0 Å².